The summed E-state index contributed by atoms with van der Waals surface area (Å²) in [5.74, 6) is -1.91. The largest absolute Gasteiger partial charge is 0.480 e. The van der Waals surface area contributed by atoms with Crippen molar-refractivity contribution in [3.8, 4) is 0 Å². The molecule has 0 radical (unpaired) electrons. The molecule has 2 atom stereocenters. The summed E-state index contributed by atoms with van der Waals surface area (Å²) < 4.78 is 50.5. The number of hydrogen-bond acceptors (Lipinski definition) is 9. The topological polar surface area (TPSA) is 113 Å². The maximum atomic E-state index is 13.3. The van der Waals surface area contributed by atoms with Gasteiger partial charge in [0.2, 0.25) is 0 Å². The van der Waals surface area contributed by atoms with Crippen molar-refractivity contribution in [1.82, 2.24) is 15.2 Å². The molecule has 2 aliphatic heterocycles. The highest BCUT2D eigenvalue weighted by Gasteiger charge is 2.38. The van der Waals surface area contributed by atoms with Crippen LogP contribution in [0, 0.1) is 0 Å². The molecule has 38 heavy (non-hydrogen) atoms. The van der Waals surface area contributed by atoms with Crippen LogP contribution in [-0.2, 0) is 25.2 Å². The number of aromatic nitrogens is 1. The predicted molar refractivity (Wildman–Crippen MR) is 133 cm³/mol. The second kappa shape index (κ2) is 11.6. The Labute approximate surface area is 228 Å². The van der Waals surface area contributed by atoms with Gasteiger partial charge in [-0.25, -0.2) is 9.78 Å². The molecule has 0 spiro atoms. The van der Waals surface area contributed by atoms with Gasteiger partial charge in [-0.1, -0.05) is 29.3 Å². The number of benzene rings is 1. The van der Waals surface area contributed by atoms with Crippen LogP contribution in [0.5, 0.6) is 0 Å². The number of carboxylic acids is 1. The van der Waals surface area contributed by atoms with Gasteiger partial charge in [0.1, 0.15) is 17.0 Å². The number of hydrogen-bond donors (Lipinski definition) is 2. The number of halogens is 5. The van der Waals surface area contributed by atoms with Crippen molar-refractivity contribution in [1.29, 1.82) is 0 Å². The highest BCUT2D eigenvalue weighted by atomic mass is 35.5. The Morgan fingerprint density at radius 1 is 1.34 bits per heavy atom. The first-order valence-electron chi connectivity index (χ1n) is 11.3. The molecule has 4 rings (SSSR count). The molecule has 1 aromatic carbocycles. The summed E-state index contributed by atoms with van der Waals surface area (Å²) in [5.41, 5.74) is 0.574. The van der Waals surface area contributed by atoms with Crippen LogP contribution in [0.25, 0.3) is 0 Å². The predicted octanol–water partition coefficient (Wildman–Crippen LogP) is 4.16. The molecule has 1 saturated heterocycles. The second-order valence-electron chi connectivity index (χ2n) is 8.21. The van der Waals surface area contributed by atoms with Gasteiger partial charge in [0, 0.05) is 34.4 Å². The molecule has 2 aromatic rings. The summed E-state index contributed by atoms with van der Waals surface area (Å²) in [7, 11) is 0. The number of esters is 1. The van der Waals surface area contributed by atoms with Gasteiger partial charge in [-0.05, 0) is 19.1 Å². The lowest BCUT2D eigenvalue weighted by atomic mass is 9.95. The molecule has 0 saturated carbocycles. The number of carbonyl (C=O) groups is 2. The van der Waals surface area contributed by atoms with Crippen molar-refractivity contribution in [3.05, 3.63) is 61.2 Å². The zero-order valence-electron chi connectivity index (χ0n) is 19.7. The van der Waals surface area contributed by atoms with Crippen LogP contribution in [0.1, 0.15) is 28.4 Å². The third-order valence-electron chi connectivity index (χ3n) is 5.75. The number of nitrogens with zero attached hydrogens (tertiary/aromatic N) is 3. The van der Waals surface area contributed by atoms with E-state index in [0.29, 0.717) is 28.1 Å². The average Bonchev–Trinajstić information content (AvgIpc) is 3.35. The van der Waals surface area contributed by atoms with Gasteiger partial charge in [-0.3, -0.25) is 14.7 Å². The molecule has 1 fully saturated rings. The first kappa shape index (κ1) is 28.3. The number of aliphatic imine (C=N–C) groups is 1. The number of aliphatic carboxylic acids is 1. The van der Waals surface area contributed by atoms with E-state index < -0.39 is 35.1 Å². The minimum atomic E-state index is -4.61. The lowest BCUT2D eigenvalue weighted by Gasteiger charge is -2.35. The van der Waals surface area contributed by atoms with Gasteiger partial charge in [-0.15, -0.1) is 11.3 Å². The van der Waals surface area contributed by atoms with Gasteiger partial charge >= 0.3 is 18.1 Å². The highest BCUT2D eigenvalue weighted by Crippen LogP contribution is 2.39. The Hall–Kier alpha value is -2.71. The van der Waals surface area contributed by atoms with Gasteiger partial charge in [0.05, 0.1) is 31.6 Å². The average molecular weight is 593 g/mol. The number of thiazole rings is 1. The van der Waals surface area contributed by atoms with E-state index in [1.54, 1.807) is 17.9 Å². The van der Waals surface area contributed by atoms with E-state index in [4.69, 9.17) is 32.7 Å². The van der Waals surface area contributed by atoms with Crippen molar-refractivity contribution >= 4 is 52.3 Å². The minimum Gasteiger partial charge on any atom is -0.480 e. The summed E-state index contributed by atoms with van der Waals surface area (Å²) in [5, 5.41) is 13.0. The van der Waals surface area contributed by atoms with Crippen LogP contribution in [0.4, 0.5) is 13.2 Å². The molecule has 0 aliphatic carbocycles. The smallest absolute Gasteiger partial charge is 0.427 e. The van der Waals surface area contributed by atoms with Crippen LogP contribution in [0.2, 0.25) is 10.0 Å². The first-order valence-corrected chi connectivity index (χ1v) is 12.8. The molecule has 2 N–H and O–H groups in total. The monoisotopic (exact) mass is 592 g/mol. The summed E-state index contributed by atoms with van der Waals surface area (Å²) >= 11 is 12.9. The maximum absolute atomic E-state index is 13.3. The van der Waals surface area contributed by atoms with Gasteiger partial charge < -0.3 is 19.9 Å². The lowest BCUT2D eigenvalue weighted by molar-refractivity contribution is -0.149. The Morgan fingerprint density at radius 3 is 2.74 bits per heavy atom. The number of carbonyl (C=O) groups excluding carboxylic acids is 1. The van der Waals surface area contributed by atoms with Gasteiger partial charge in [-0.2, -0.15) is 13.2 Å². The fraction of sp³-hybridized carbons (Fsp3) is 0.391. The second-order valence-corrected chi connectivity index (χ2v) is 10.1. The van der Waals surface area contributed by atoms with E-state index in [-0.39, 0.29) is 60.0 Å². The van der Waals surface area contributed by atoms with E-state index in [9.17, 15) is 27.9 Å². The Morgan fingerprint density at radius 2 is 2.11 bits per heavy atom. The van der Waals surface area contributed by atoms with Crippen LogP contribution in [-0.4, -0.2) is 71.7 Å². The Bertz CT molecular complexity index is 1300. The molecule has 15 heteroatoms. The summed E-state index contributed by atoms with van der Waals surface area (Å²) in [6.45, 7) is 1.96. The molecular weight excluding hydrogens is 572 g/mol. The third-order valence-corrected chi connectivity index (χ3v) is 7.36. The number of rotatable bonds is 7. The number of ether oxygens (including phenoxy) is 2. The first-order chi connectivity index (χ1) is 18.0. The molecule has 3 heterocycles. The molecule has 0 bridgehead atoms. The molecular formula is C23H21Cl2F3N4O5S. The molecule has 1 aromatic heterocycles. The quantitative estimate of drug-likeness (QED) is 0.461. The summed E-state index contributed by atoms with van der Waals surface area (Å²) in [6.07, 6.45) is -3.91. The molecule has 9 nitrogen and oxygen atoms in total. The zero-order chi connectivity index (χ0) is 27.6. The minimum absolute atomic E-state index is 0.0306. The van der Waals surface area contributed by atoms with Crippen molar-refractivity contribution in [2.45, 2.75) is 25.2 Å². The fourth-order valence-electron chi connectivity index (χ4n) is 4.00. The lowest BCUT2D eigenvalue weighted by Crippen LogP contribution is -2.52. The van der Waals surface area contributed by atoms with Crippen molar-refractivity contribution in [2.75, 3.05) is 32.9 Å². The fourth-order valence-corrected chi connectivity index (χ4v) is 5.25. The molecule has 204 valence electrons. The van der Waals surface area contributed by atoms with E-state index in [1.807, 2.05) is 0 Å². The number of carboxylic acid groups (broad SMARTS) is 1. The molecule has 2 aliphatic rings. The Kier molecular flexibility index (Phi) is 8.62. The van der Waals surface area contributed by atoms with Gasteiger partial charge in [0.25, 0.3) is 0 Å². The molecule has 2 unspecified atom stereocenters. The molecule has 0 amide bonds. The van der Waals surface area contributed by atoms with Crippen LogP contribution in [0.15, 0.2) is 40.7 Å². The SMILES string of the molecule is CCOC(=O)C1=C(CN2CCOCC2C(=O)O)NC(c2ncc(C(F)(F)F)s2)=NC1c1ccc(Cl)cc1Cl. The van der Waals surface area contributed by atoms with Crippen LogP contribution >= 0.6 is 34.5 Å². The number of alkyl halides is 3. The van der Waals surface area contributed by atoms with Gasteiger partial charge in [0.15, 0.2) is 10.8 Å². The maximum Gasteiger partial charge on any atom is 0.427 e. The van der Waals surface area contributed by atoms with E-state index in [2.05, 4.69) is 15.3 Å². The number of nitrogens with one attached hydrogen (secondary N) is 1. The number of morpholine rings is 1. The van der Waals surface area contributed by atoms with E-state index in [0.717, 1.165) is 0 Å². The summed E-state index contributed by atoms with van der Waals surface area (Å²) in [6, 6.07) is 2.42. The van der Waals surface area contributed by atoms with E-state index in [1.165, 1.54) is 12.1 Å². The summed E-state index contributed by atoms with van der Waals surface area (Å²) in [4.78, 5) is 34.1. The van der Waals surface area contributed by atoms with Crippen molar-refractivity contribution < 1.29 is 37.3 Å². The van der Waals surface area contributed by atoms with Crippen LogP contribution < -0.4 is 5.32 Å². The third kappa shape index (κ3) is 6.12. The van der Waals surface area contributed by atoms with E-state index >= 15 is 0 Å². The standard InChI is InChI=1S/C23H21Cl2F3N4O5S/c1-2-37-22(35)17-14(9-32-5-6-36-10-15(32)21(33)34)30-19(20-29-8-16(38-20)23(26,27)28)31-18(17)12-4-3-11(24)7-13(12)25/h3-4,7-8,15,18H,2,5-6,9-10H2,1H3,(H,30,31)(H,33,34). The van der Waals surface area contributed by atoms with Crippen LogP contribution in [0.3, 0.4) is 0 Å². The zero-order valence-corrected chi connectivity index (χ0v) is 22.0. The van der Waals surface area contributed by atoms with Crippen molar-refractivity contribution in [3.63, 3.8) is 0 Å². The normalized spacial score (nSPS) is 20.6. The van der Waals surface area contributed by atoms with Crippen molar-refractivity contribution in [2.24, 2.45) is 4.99 Å². The number of amidine groups is 1. The highest BCUT2D eigenvalue weighted by molar-refractivity contribution is 7.13. The Balaban J connectivity index is 1.85.